The Labute approximate surface area is 128 Å². The van der Waals surface area contributed by atoms with Gasteiger partial charge in [-0.1, -0.05) is 0 Å². The highest BCUT2D eigenvalue weighted by molar-refractivity contribution is 5.90. The lowest BCUT2D eigenvalue weighted by atomic mass is 10.1. The van der Waals surface area contributed by atoms with E-state index in [9.17, 15) is 4.79 Å². The summed E-state index contributed by atoms with van der Waals surface area (Å²) in [5.74, 6) is -0.0277. The summed E-state index contributed by atoms with van der Waals surface area (Å²) in [6.07, 6.45) is 7.41. The molecule has 8 heteroatoms. The van der Waals surface area contributed by atoms with E-state index in [1.165, 1.54) is 0 Å². The Bertz CT molecular complexity index is 600. The predicted molar refractivity (Wildman–Crippen MR) is 80.3 cm³/mol. The number of nitrogens with one attached hydrogen (secondary N) is 2. The molecular weight excluding hydrogens is 282 g/mol. The van der Waals surface area contributed by atoms with Crippen LogP contribution < -0.4 is 10.6 Å². The first-order valence-electron chi connectivity index (χ1n) is 7.62. The number of hydrogen-bond acceptors (Lipinski definition) is 5. The number of aromatic nitrogens is 5. The van der Waals surface area contributed by atoms with Crippen LogP contribution in [0.15, 0.2) is 24.8 Å². The number of amides is 1. The average molecular weight is 303 g/mol. The maximum Gasteiger partial charge on any atom is 0.291 e. The molecule has 0 radical (unpaired) electrons. The Hall–Kier alpha value is -2.22. The minimum absolute atomic E-state index is 0.0457. The second kappa shape index (κ2) is 6.69. The summed E-state index contributed by atoms with van der Waals surface area (Å²) >= 11 is 0. The molecule has 0 unspecified atom stereocenters. The van der Waals surface area contributed by atoms with Gasteiger partial charge in [0.05, 0.1) is 12.6 Å². The highest BCUT2D eigenvalue weighted by Gasteiger charge is 2.19. The zero-order valence-electron chi connectivity index (χ0n) is 12.6. The lowest BCUT2D eigenvalue weighted by molar-refractivity contribution is 0.0924. The van der Waals surface area contributed by atoms with E-state index in [0.717, 1.165) is 25.9 Å². The third-order valence-corrected chi connectivity index (χ3v) is 3.75. The number of carbonyl (C=O) groups is 1. The minimum Gasteiger partial charge on any atom is -0.345 e. The summed E-state index contributed by atoms with van der Waals surface area (Å²) in [5.41, 5.74) is 0. The van der Waals surface area contributed by atoms with Gasteiger partial charge in [0, 0.05) is 25.0 Å². The Morgan fingerprint density at radius 3 is 3.23 bits per heavy atom. The van der Waals surface area contributed by atoms with E-state index >= 15 is 0 Å². The second-order valence-corrected chi connectivity index (χ2v) is 5.65. The van der Waals surface area contributed by atoms with Gasteiger partial charge in [-0.05, 0) is 32.4 Å². The summed E-state index contributed by atoms with van der Waals surface area (Å²) < 4.78 is 3.57. The van der Waals surface area contributed by atoms with Crippen molar-refractivity contribution >= 4 is 5.91 Å². The van der Waals surface area contributed by atoms with Crippen LogP contribution in [-0.4, -0.2) is 49.6 Å². The molecule has 3 rings (SSSR count). The largest absolute Gasteiger partial charge is 0.345 e. The fraction of sp³-hybridized carbons (Fsp3) is 0.571. The van der Waals surface area contributed by atoms with Gasteiger partial charge in [-0.25, -0.2) is 9.67 Å². The number of carbonyl (C=O) groups excluding carboxylic acids is 1. The topological polar surface area (TPSA) is 89.7 Å². The fourth-order valence-electron chi connectivity index (χ4n) is 2.64. The molecule has 2 aromatic heterocycles. The molecule has 1 aliphatic heterocycles. The SMILES string of the molecule is C[C@@H](Cn1cccn1)NC(=O)c1ncn([C@@H]2CCCNC2)n1. The number of rotatable bonds is 5. The van der Waals surface area contributed by atoms with Gasteiger partial charge in [-0.3, -0.25) is 9.48 Å². The van der Waals surface area contributed by atoms with Gasteiger partial charge in [0.25, 0.3) is 5.91 Å². The standard InChI is InChI=1S/C14H21N7O/c1-11(9-20-7-3-6-17-20)18-14(22)13-16-10-21(19-13)12-4-2-5-15-8-12/h3,6-7,10-12,15H,2,4-5,8-9H2,1H3,(H,18,22)/t11-,12+/m0/s1. The molecule has 2 atom stereocenters. The molecule has 1 saturated heterocycles. The fourth-order valence-corrected chi connectivity index (χ4v) is 2.64. The number of nitrogens with zero attached hydrogens (tertiary/aromatic N) is 5. The van der Waals surface area contributed by atoms with Crippen LogP contribution in [-0.2, 0) is 6.54 Å². The van der Waals surface area contributed by atoms with E-state index < -0.39 is 0 Å². The Morgan fingerprint density at radius 1 is 1.59 bits per heavy atom. The summed E-state index contributed by atoms with van der Waals surface area (Å²) in [4.78, 5) is 16.3. The van der Waals surface area contributed by atoms with Crippen molar-refractivity contribution in [2.24, 2.45) is 0 Å². The zero-order chi connectivity index (χ0) is 15.4. The van der Waals surface area contributed by atoms with E-state index in [0.29, 0.717) is 6.54 Å². The maximum atomic E-state index is 12.2. The van der Waals surface area contributed by atoms with Crippen molar-refractivity contribution in [2.75, 3.05) is 13.1 Å². The number of piperidine rings is 1. The molecule has 22 heavy (non-hydrogen) atoms. The van der Waals surface area contributed by atoms with Crippen LogP contribution in [0.25, 0.3) is 0 Å². The van der Waals surface area contributed by atoms with Gasteiger partial charge in [0.2, 0.25) is 5.82 Å². The maximum absolute atomic E-state index is 12.2. The molecule has 118 valence electrons. The van der Waals surface area contributed by atoms with Crippen molar-refractivity contribution in [3.05, 3.63) is 30.6 Å². The monoisotopic (exact) mass is 303 g/mol. The van der Waals surface area contributed by atoms with Crippen molar-refractivity contribution in [1.29, 1.82) is 0 Å². The molecular formula is C14H21N7O. The van der Waals surface area contributed by atoms with Gasteiger partial charge in [0.15, 0.2) is 0 Å². The average Bonchev–Trinajstić information content (AvgIpc) is 3.19. The minimum atomic E-state index is -0.248. The van der Waals surface area contributed by atoms with Crippen LogP contribution in [0.1, 0.15) is 36.4 Å². The van der Waals surface area contributed by atoms with E-state index in [2.05, 4.69) is 25.8 Å². The van der Waals surface area contributed by atoms with Crippen molar-refractivity contribution in [1.82, 2.24) is 35.2 Å². The lowest BCUT2D eigenvalue weighted by Crippen LogP contribution is -2.36. The van der Waals surface area contributed by atoms with Crippen LogP contribution in [0, 0.1) is 0 Å². The molecule has 0 bridgehead atoms. The Morgan fingerprint density at radius 2 is 2.50 bits per heavy atom. The van der Waals surface area contributed by atoms with Crippen molar-refractivity contribution in [3.8, 4) is 0 Å². The van der Waals surface area contributed by atoms with E-state index in [4.69, 9.17) is 0 Å². The summed E-state index contributed by atoms with van der Waals surface area (Å²) in [5, 5.41) is 14.7. The van der Waals surface area contributed by atoms with Crippen molar-refractivity contribution in [3.63, 3.8) is 0 Å². The third kappa shape index (κ3) is 3.51. The molecule has 1 aliphatic rings. The quantitative estimate of drug-likeness (QED) is 0.824. The van der Waals surface area contributed by atoms with Crippen molar-refractivity contribution in [2.45, 2.75) is 38.4 Å². The zero-order valence-corrected chi connectivity index (χ0v) is 12.6. The van der Waals surface area contributed by atoms with Gasteiger partial charge < -0.3 is 10.6 Å². The summed E-state index contributed by atoms with van der Waals surface area (Å²) in [7, 11) is 0. The second-order valence-electron chi connectivity index (χ2n) is 5.65. The Balaban J connectivity index is 1.56. The first kappa shape index (κ1) is 14.7. The highest BCUT2D eigenvalue weighted by atomic mass is 16.2. The predicted octanol–water partition coefficient (Wildman–Crippen LogP) is 0.218. The molecule has 2 N–H and O–H groups in total. The molecule has 1 fully saturated rings. The third-order valence-electron chi connectivity index (χ3n) is 3.75. The molecule has 2 aromatic rings. The number of hydrogen-bond donors (Lipinski definition) is 2. The summed E-state index contributed by atoms with van der Waals surface area (Å²) in [6, 6.07) is 2.09. The van der Waals surface area contributed by atoms with Crippen LogP contribution >= 0.6 is 0 Å². The molecule has 0 saturated carbocycles. The van der Waals surface area contributed by atoms with Crippen LogP contribution in [0.5, 0.6) is 0 Å². The van der Waals surface area contributed by atoms with Gasteiger partial charge in [-0.15, -0.1) is 5.10 Å². The van der Waals surface area contributed by atoms with E-state index in [1.54, 1.807) is 21.9 Å². The lowest BCUT2D eigenvalue weighted by Gasteiger charge is -2.22. The smallest absolute Gasteiger partial charge is 0.291 e. The molecule has 1 amide bonds. The first-order valence-corrected chi connectivity index (χ1v) is 7.62. The van der Waals surface area contributed by atoms with Gasteiger partial charge in [0.1, 0.15) is 6.33 Å². The highest BCUT2D eigenvalue weighted by Crippen LogP contribution is 2.14. The molecule has 3 heterocycles. The first-order chi connectivity index (χ1) is 10.7. The van der Waals surface area contributed by atoms with Crippen LogP contribution in [0.4, 0.5) is 0 Å². The molecule has 0 aromatic carbocycles. The Kier molecular flexibility index (Phi) is 4.47. The van der Waals surface area contributed by atoms with Crippen LogP contribution in [0.3, 0.4) is 0 Å². The normalized spacial score (nSPS) is 19.8. The van der Waals surface area contributed by atoms with Crippen molar-refractivity contribution < 1.29 is 4.79 Å². The molecule has 0 spiro atoms. The van der Waals surface area contributed by atoms with Crippen LogP contribution in [0.2, 0.25) is 0 Å². The van der Waals surface area contributed by atoms with Gasteiger partial charge >= 0.3 is 0 Å². The van der Waals surface area contributed by atoms with E-state index in [-0.39, 0.29) is 23.8 Å². The molecule has 0 aliphatic carbocycles. The molecule has 8 nitrogen and oxygen atoms in total. The van der Waals surface area contributed by atoms with Gasteiger partial charge in [-0.2, -0.15) is 5.10 Å². The van der Waals surface area contributed by atoms with E-state index in [1.807, 2.05) is 19.2 Å². The summed E-state index contributed by atoms with van der Waals surface area (Å²) in [6.45, 7) is 4.47.